The minimum absolute atomic E-state index is 0.175. The van der Waals surface area contributed by atoms with Crippen LogP contribution in [-0.4, -0.2) is 15.9 Å². The van der Waals surface area contributed by atoms with Gasteiger partial charge in [0.15, 0.2) is 0 Å². The summed E-state index contributed by atoms with van der Waals surface area (Å²) in [6.45, 7) is 0.386. The molecule has 0 bridgehead atoms. The van der Waals surface area contributed by atoms with Crippen LogP contribution in [0.4, 0.5) is 4.39 Å². The highest BCUT2D eigenvalue weighted by atomic mass is 32.1. The molecule has 4 rings (SSSR count). The Kier molecular flexibility index (Phi) is 4.41. The van der Waals surface area contributed by atoms with E-state index >= 15 is 0 Å². The molecular weight excluding hydrogens is 349 g/mol. The maximum atomic E-state index is 13.3. The summed E-state index contributed by atoms with van der Waals surface area (Å²) in [6, 6.07) is 13.8. The van der Waals surface area contributed by atoms with Gasteiger partial charge in [-0.3, -0.25) is 14.8 Å². The molecule has 3 aromatic heterocycles. The lowest BCUT2D eigenvalue weighted by Crippen LogP contribution is -2.21. The summed E-state index contributed by atoms with van der Waals surface area (Å²) < 4.78 is 14.2. The van der Waals surface area contributed by atoms with E-state index in [-0.39, 0.29) is 11.7 Å². The molecular formula is C20H14FN3OS. The Morgan fingerprint density at radius 3 is 2.88 bits per heavy atom. The van der Waals surface area contributed by atoms with E-state index in [1.54, 1.807) is 30.7 Å². The fourth-order valence-corrected chi connectivity index (χ4v) is 3.61. The quantitative estimate of drug-likeness (QED) is 0.584. The highest BCUT2D eigenvalue weighted by Gasteiger charge is 2.11. The zero-order chi connectivity index (χ0) is 17.9. The van der Waals surface area contributed by atoms with Crippen molar-refractivity contribution < 1.29 is 9.18 Å². The smallest absolute Gasteiger partial charge is 0.261 e. The van der Waals surface area contributed by atoms with Crippen LogP contribution in [0.5, 0.6) is 0 Å². The number of aromatic nitrogens is 2. The van der Waals surface area contributed by atoms with E-state index in [1.807, 2.05) is 24.3 Å². The van der Waals surface area contributed by atoms with Crippen molar-refractivity contribution >= 4 is 27.3 Å². The van der Waals surface area contributed by atoms with E-state index in [4.69, 9.17) is 0 Å². The SMILES string of the molecule is O=C(NCc1ccnc(-c2cccnc2)c1)c1cc2cc(F)ccc2s1. The molecule has 26 heavy (non-hydrogen) atoms. The lowest BCUT2D eigenvalue weighted by atomic mass is 10.1. The number of carbonyl (C=O) groups excluding carboxylic acids is 1. The van der Waals surface area contributed by atoms with Gasteiger partial charge in [0.2, 0.25) is 0 Å². The van der Waals surface area contributed by atoms with Crippen molar-refractivity contribution in [1.29, 1.82) is 0 Å². The number of nitrogens with one attached hydrogen (secondary N) is 1. The summed E-state index contributed by atoms with van der Waals surface area (Å²) in [4.78, 5) is 21.4. The summed E-state index contributed by atoms with van der Waals surface area (Å²) in [6.07, 6.45) is 5.18. The largest absolute Gasteiger partial charge is 0.347 e. The van der Waals surface area contributed by atoms with E-state index < -0.39 is 0 Å². The van der Waals surface area contributed by atoms with Crippen LogP contribution in [0.3, 0.4) is 0 Å². The third-order valence-electron chi connectivity index (χ3n) is 3.94. The molecule has 0 unspecified atom stereocenters. The molecule has 0 saturated carbocycles. The zero-order valence-electron chi connectivity index (χ0n) is 13.6. The molecule has 128 valence electrons. The predicted octanol–water partition coefficient (Wildman–Crippen LogP) is 4.43. The van der Waals surface area contributed by atoms with Gasteiger partial charge < -0.3 is 5.32 Å². The van der Waals surface area contributed by atoms with E-state index in [2.05, 4.69) is 15.3 Å². The van der Waals surface area contributed by atoms with Gasteiger partial charge in [0.1, 0.15) is 5.82 Å². The van der Waals surface area contributed by atoms with E-state index in [0.29, 0.717) is 11.4 Å². The topological polar surface area (TPSA) is 54.9 Å². The van der Waals surface area contributed by atoms with Gasteiger partial charge >= 0.3 is 0 Å². The molecule has 0 fully saturated rings. The second-order valence-electron chi connectivity index (χ2n) is 5.77. The third kappa shape index (κ3) is 3.45. The van der Waals surface area contributed by atoms with Crippen molar-refractivity contribution in [3.8, 4) is 11.3 Å². The molecule has 1 N–H and O–H groups in total. The van der Waals surface area contributed by atoms with Crippen LogP contribution in [0.2, 0.25) is 0 Å². The Hall–Kier alpha value is -3.12. The van der Waals surface area contributed by atoms with E-state index in [1.165, 1.54) is 23.5 Å². The number of rotatable bonds is 4. The van der Waals surface area contributed by atoms with Gasteiger partial charge in [-0.15, -0.1) is 11.3 Å². The number of nitrogens with zero attached hydrogens (tertiary/aromatic N) is 2. The standard InChI is InChI=1S/C20H14FN3OS/c21-16-3-4-18-15(9-16)10-19(26-18)20(25)24-11-13-5-7-23-17(8-13)14-2-1-6-22-12-14/h1-10,12H,11H2,(H,24,25). The number of hydrogen-bond donors (Lipinski definition) is 1. The first-order chi connectivity index (χ1) is 12.7. The first kappa shape index (κ1) is 16.4. The van der Waals surface area contributed by atoms with Gasteiger partial charge in [-0.2, -0.15) is 0 Å². The van der Waals surface area contributed by atoms with Gasteiger partial charge in [-0.1, -0.05) is 0 Å². The maximum absolute atomic E-state index is 13.3. The molecule has 6 heteroatoms. The minimum Gasteiger partial charge on any atom is -0.347 e. The van der Waals surface area contributed by atoms with Crippen molar-refractivity contribution in [3.05, 3.63) is 83.4 Å². The monoisotopic (exact) mass is 363 g/mol. The van der Waals surface area contributed by atoms with Crippen molar-refractivity contribution in [2.75, 3.05) is 0 Å². The van der Waals surface area contributed by atoms with Gasteiger partial charge in [0.25, 0.3) is 5.91 Å². The molecule has 1 aromatic carbocycles. The molecule has 4 nitrogen and oxygen atoms in total. The molecule has 0 saturated heterocycles. The van der Waals surface area contributed by atoms with Crippen LogP contribution < -0.4 is 5.32 Å². The van der Waals surface area contributed by atoms with Gasteiger partial charge in [0, 0.05) is 35.4 Å². The van der Waals surface area contributed by atoms with Gasteiger partial charge in [0.05, 0.1) is 10.6 Å². The second-order valence-corrected chi connectivity index (χ2v) is 6.85. The summed E-state index contributed by atoms with van der Waals surface area (Å²) in [7, 11) is 0. The molecule has 3 heterocycles. The van der Waals surface area contributed by atoms with E-state index in [9.17, 15) is 9.18 Å². The van der Waals surface area contributed by atoms with Crippen LogP contribution in [0, 0.1) is 5.82 Å². The minimum atomic E-state index is -0.304. The van der Waals surface area contributed by atoms with Crippen molar-refractivity contribution in [3.63, 3.8) is 0 Å². The predicted molar refractivity (Wildman–Crippen MR) is 100 cm³/mol. The number of fused-ring (bicyclic) bond motifs is 1. The summed E-state index contributed by atoms with van der Waals surface area (Å²) in [5.41, 5.74) is 2.67. The Labute approximate surface area is 153 Å². The summed E-state index contributed by atoms with van der Waals surface area (Å²) >= 11 is 1.35. The molecule has 0 aliphatic carbocycles. The van der Waals surface area contributed by atoms with Crippen molar-refractivity contribution in [2.24, 2.45) is 0 Å². The number of amides is 1. The molecule has 0 spiro atoms. The zero-order valence-corrected chi connectivity index (χ0v) is 14.5. The van der Waals surface area contributed by atoms with Crippen LogP contribution in [-0.2, 0) is 6.54 Å². The van der Waals surface area contributed by atoms with Crippen LogP contribution in [0.25, 0.3) is 21.3 Å². The number of hydrogen-bond acceptors (Lipinski definition) is 4. The Bertz CT molecular complexity index is 1080. The first-order valence-electron chi connectivity index (χ1n) is 8.02. The van der Waals surface area contributed by atoms with Gasteiger partial charge in [-0.05, 0) is 59.5 Å². The Balaban J connectivity index is 1.49. The normalized spacial score (nSPS) is 10.8. The van der Waals surface area contributed by atoms with Crippen LogP contribution in [0.15, 0.2) is 67.1 Å². The fourth-order valence-electron chi connectivity index (χ4n) is 2.65. The molecule has 0 atom stereocenters. The number of halogens is 1. The Morgan fingerprint density at radius 1 is 1.12 bits per heavy atom. The molecule has 0 radical (unpaired) electrons. The first-order valence-corrected chi connectivity index (χ1v) is 8.83. The molecule has 0 aliphatic heterocycles. The molecule has 0 aliphatic rings. The van der Waals surface area contributed by atoms with Crippen molar-refractivity contribution in [2.45, 2.75) is 6.54 Å². The average molecular weight is 363 g/mol. The molecule has 4 aromatic rings. The highest BCUT2D eigenvalue weighted by molar-refractivity contribution is 7.20. The van der Waals surface area contributed by atoms with Gasteiger partial charge in [-0.25, -0.2) is 4.39 Å². The Morgan fingerprint density at radius 2 is 2.04 bits per heavy atom. The summed E-state index contributed by atoms with van der Waals surface area (Å²) in [5.74, 6) is -0.478. The molecule has 1 amide bonds. The lowest BCUT2D eigenvalue weighted by Gasteiger charge is -2.06. The second kappa shape index (κ2) is 7.01. The lowest BCUT2D eigenvalue weighted by molar-refractivity contribution is 0.0955. The highest BCUT2D eigenvalue weighted by Crippen LogP contribution is 2.26. The van der Waals surface area contributed by atoms with Crippen LogP contribution >= 0.6 is 11.3 Å². The number of thiophene rings is 1. The van der Waals surface area contributed by atoms with E-state index in [0.717, 1.165) is 26.9 Å². The average Bonchev–Trinajstić information content (AvgIpc) is 3.10. The number of pyridine rings is 2. The third-order valence-corrected chi connectivity index (χ3v) is 5.05. The maximum Gasteiger partial charge on any atom is 0.261 e. The fraction of sp³-hybridized carbons (Fsp3) is 0.0500. The number of carbonyl (C=O) groups is 1. The van der Waals surface area contributed by atoms with Crippen molar-refractivity contribution in [1.82, 2.24) is 15.3 Å². The number of benzene rings is 1. The summed E-state index contributed by atoms with van der Waals surface area (Å²) in [5, 5.41) is 3.64. The van der Waals surface area contributed by atoms with Crippen LogP contribution in [0.1, 0.15) is 15.2 Å².